The SMILES string of the molecule is CCc1ccc(-c2csc(NC(=O)c3ccc(OCC(C)C)cc3)n2)cc1. The van der Waals surface area contributed by atoms with Gasteiger partial charge in [0, 0.05) is 16.5 Å². The van der Waals surface area contributed by atoms with Crippen molar-refractivity contribution < 1.29 is 9.53 Å². The molecule has 2 aromatic carbocycles. The van der Waals surface area contributed by atoms with Crippen LogP contribution >= 0.6 is 11.3 Å². The fraction of sp³-hybridized carbons (Fsp3) is 0.273. The van der Waals surface area contributed by atoms with Crippen LogP contribution in [-0.4, -0.2) is 17.5 Å². The normalized spacial score (nSPS) is 10.8. The van der Waals surface area contributed by atoms with Crippen molar-refractivity contribution >= 4 is 22.4 Å². The Kier molecular flexibility index (Phi) is 6.24. The molecule has 0 aliphatic rings. The fourth-order valence-corrected chi connectivity index (χ4v) is 3.22. The second kappa shape index (κ2) is 8.82. The Morgan fingerprint density at radius 3 is 2.44 bits per heavy atom. The van der Waals surface area contributed by atoms with Crippen LogP contribution in [0, 0.1) is 5.92 Å². The zero-order valence-electron chi connectivity index (χ0n) is 15.9. The van der Waals surface area contributed by atoms with Crippen LogP contribution in [0.4, 0.5) is 5.13 Å². The number of hydrogen-bond donors (Lipinski definition) is 1. The molecule has 0 radical (unpaired) electrons. The lowest BCUT2D eigenvalue weighted by molar-refractivity contribution is 0.102. The topological polar surface area (TPSA) is 51.2 Å². The van der Waals surface area contributed by atoms with Crippen LogP contribution in [0.5, 0.6) is 5.75 Å². The summed E-state index contributed by atoms with van der Waals surface area (Å²) in [5.74, 6) is 1.06. The van der Waals surface area contributed by atoms with Crippen LogP contribution in [0.15, 0.2) is 53.9 Å². The Balaban J connectivity index is 1.63. The Labute approximate surface area is 164 Å². The summed E-state index contributed by atoms with van der Waals surface area (Å²) >= 11 is 1.42. The zero-order valence-corrected chi connectivity index (χ0v) is 16.7. The van der Waals surface area contributed by atoms with Crippen molar-refractivity contribution in [2.24, 2.45) is 5.92 Å². The lowest BCUT2D eigenvalue weighted by Crippen LogP contribution is -2.11. The number of anilines is 1. The van der Waals surface area contributed by atoms with E-state index >= 15 is 0 Å². The molecule has 27 heavy (non-hydrogen) atoms. The number of nitrogens with one attached hydrogen (secondary N) is 1. The van der Waals surface area contributed by atoms with Gasteiger partial charge >= 0.3 is 0 Å². The van der Waals surface area contributed by atoms with Crippen LogP contribution < -0.4 is 10.1 Å². The predicted octanol–water partition coefficient (Wildman–Crippen LogP) is 5.66. The monoisotopic (exact) mass is 380 g/mol. The quantitative estimate of drug-likeness (QED) is 0.575. The second-order valence-electron chi connectivity index (χ2n) is 6.77. The molecule has 0 bridgehead atoms. The summed E-state index contributed by atoms with van der Waals surface area (Å²) < 4.78 is 5.65. The molecule has 5 heteroatoms. The summed E-state index contributed by atoms with van der Waals surface area (Å²) in [5.41, 5.74) is 3.80. The van der Waals surface area contributed by atoms with Crippen molar-refractivity contribution in [3.05, 3.63) is 65.0 Å². The van der Waals surface area contributed by atoms with E-state index in [-0.39, 0.29) is 5.91 Å². The van der Waals surface area contributed by atoms with Gasteiger partial charge in [-0.2, -0.15) is 0 Å². The first-order valence-electron chi connectivity index (χ1n) is 9.14. The Hall–Kier alpha value is -2.66. The minimum Gasteiger partial charge on any atom is -0.493 e. The average molecular weight is 381 g/mol. The molecule has 0 unspecified atom stereocenters. The first kappa shape index (κ1) is 19.1. The molecule has 0 saturated heterocycles. The summed E-state index contributed by atoms with van der Waals surface area (Å²) in [7, 11) is 0. The number of aryl methyl sites for hydroxylation is 1. The van der Waals surface area contributed by atoms with Crippen molar-refractivity contribution in [3.8, 4) is 17.0 Å². The van der Waals surface area contributed by atoms with E-state index < -0.39 is 0 Å². The molecule has 1 heterocycles. The number of carbonyl (C=O) groups excluding carboxylic acids is 1. The molecule has 0 aliphatic carbocycles. The maximum Gasteiger partial charge on any atom is 0.257 e. The lowest BCUT2D eigenvalue weighted by atomic mass is 10.1. The first-order chi connectivity index (χ1) is 13.0. The number of thiazole rings is 1. The highest BCUT2D eigenvalue weighted by Gasteiger charge is 2.10. The Bertz CT molecular complexity index is 883. The van der Waals surface area contributed by atoms with Crippen LogP contribution in [-0.2, 0) is 6.42 Å². The molecule has 140 valence electrons. The standard InChI is InChI=1S/C22H24N2O2S/c1-4-16-5-7-17(8-6-16)20-14-27-22(23-20)24-21(25)18-9-11-19(12-10-18)26-13-15(2)3/h5-12,14-15H,4,13H2,1-3H3,(H,23,24,25). The Morgan fingerprint density at radius 1 is 1.11 bits per heavy atom. The van der Waals surface area contributed by atoms with E-state index in [9.17, 15) is 4.79 Å². The van der Waals surface area contributed by atoms with Gasteiger partial charge in [-0.15, -0.1) is 11.3 Å². The van der Waals surface area contributed by atoms with Gasteiger partial charge in [0.15, 0.2) is 5.13 Å². The number of amides is 1. The molecule has 0 aliphatic heterocycles. The summed E-state index contributed by atoms with van der Waals surface area (Å²) in [6, 6.07) is 15.5. The fourth-order valence-electron chi connectivity index (χ4n) is 2.51. The van der Waals surface area contributed by atoms with E-state index in [2.05, 4.69) is 55.3 Å². The van der Waals surface area contributed by atoms with E-state index in [1.807, 2.05) is 17.5 Å². The van der Waals surface area contributed by atoms with E-state index in [4.69, 9.17) is 4.74 Å². The average Bonchev–Trinajstić information content (AvgIpc) is 3.15. The summed E-state index contributed by atoms with van der Waals surface area (Å²) in [4.78, 5) is 17.0. The number of rotatable bonds is 7. The van der Waals surface area contributed by atoms with E-state index in [1.54, 1.807) is 12.1 Å². The lowest BCUT2D eigenvalue weighted by Gasteiger charge is -2.09. The number of nitrogens with zero attached hydrogens (tertiary/aromatic N) is 1. The molecule has 3 rings (SSSR count). The number of carbonyl (C=O) groups is 1. The molecule has 0 spiro atoms. The molecular formula is C22H24N2O2S. The van der Waals surface area contributed by atoms with Gasteiger partial charge in [-0.25, -0.2) is 4.98 Å². The largest absolute Gasteiger partial charge is 0.493 e. The van der Waals surface area contributed by atoms with Gasteiger partial charge in [0.1, 0.15) is 5.75 Å². The van der Waals surface area contributed by atoms with Gasteiger partial charge in [-0.3, -0.25) is 10.1 Å². The van der Waals surface area contributed by atoms with Crippen molar-refractivity contribution in [1.29, 1.82) is 0 Å². The van der Waals surface area contributed by atoms with Gasteiger partial charge in [0.05, 0.1) is 12.3 Å². The minimum absolute atomic E-state index is 0.173. The Morgan fingerprint density at radius 2 is 1.81 bits per heavy atom. The predicted molar refractivity (Wildman–Crippen MR) is 112 cm³/mol. The first-order valence-corrected chi connectivity index (χ1v) is 10.0. The maximum absolute atomic E-state index is 12.4. The van der Waals surface area contributed by atoms with Crippen LogP contribution in [0.3, 0.4) is 0 Å². The summed E-state index contributed by atoms with van der Waals surface area (Å²) in [5, 5.41) is 5.42. The highest BCUT2D eigenvalue weighted by atomic mass is 32.1. The third kappa shape index (κ3) is 5.17. The highest BCUT2D eigenvalue weighted by molar-refractivity contribution is 7.14. The van der Waals surface area contributed by atoms with E-state index in [0.717, 1.165) is 23.4 Å². The number of hydrogen-bond acceptors (Lipinski definition) is 4. The molecule has 1 N–H and O–H groups in total. The van der Waals surface area contributed by atoms with Crippen molar-refractivity contribution in [2.45, 2.75) is 27.2 Å². The number of benzene rings is 2. The maximum atomic E-state index is 12.4. The van der Waals surface area contributed by atoms with Crippen LogP contribution in [0.1, 0.15) is 36.7 Å². The molecule has 0 saturated carbocycles. The van der Waals surface area contributed by atoms with Crippen molar-refractivity contribution in [1.82, 2.24) is 4.98 Å². The van der Waals surface area contributed by atoms with Gasteiger partial charge in [-0.1, -0.05) is 45.0 Å². The zero-order chi connectivity index (χ0) is 19.2. The van der Waals surface area contributed by atoms with Gasteiger partial charge in [-0.05, 0) is 42.2 Å². The number of ether oxygens (including phenoxy) is 1. The smallest absolute Gasteiger partial charge is 0.257 e. The van der Waals surface area contributed by atoms with Crippen LogP contribution in [0.2, 0.25) is 0 Å². The highest BCUT2D eigenvalue weighted by Crippen LogP contribution is 2.26. The van der Waals surface area contributed by atoms with Crippen LogP contribution in [0.25, 0.3) is 11.3 Å². The van der Waals surface area contributed by atoms with Gasteiger partial charge < -0.3 is 4.74 Å². The summed E-state index contributed by atoms with van der Waals surface area (Å²) in [6.07, 6.45) is 1.01. The molecule has 1 aromatic heterocycles. The molecule has 0 fully saturated rings. The molecule has 0 atom stereocenters. The summed E-state index contributed by atoms with van der Waals surface area (Å²) in [6.45, 7) is 6.99. The second-order valence-corrected chi connectivity index (χ2v) is 7.63. The molecule has 3 aromatic rings. The molecule has 1 amide bonds. The van der Waals surface area contributed by atoms with E-state index in [0.29, 0.717) is 23.2 Å². The van der Waals surface area contributed by atoms with Gasteiger partial charge in [0.25, 0.3) is 5.91 Å². The van der Waals surface area contributed by atoms with Crippen molar-refractivity contribution in [3.63, 3.8) is 0 Å². The number of aromatic nitrogens is 1. The minimum atomic E-state index is -0.173. The van der Waals surface area contributed by atoms with E-state index in [1.165, 1.54) is 16.9 Å². The third-order valence-electron chi connectivity index (χ3n) is 4.08. The molecular weight excluding hydrogens is 356 g/mol. The third-order valence-corrected chi connectivity index (χ3v) is 4.84. The molecule has 4 nitrogen and oxygen atoms in total. The van der Waals surface area contributed by atoms with Crippen molar-refractivity contribution in [2.75, 3.05) is 11.9 Å². The van der Waals surface area contributed by atoms with Gasteiger partial charge in [0.2, 0.25) is 0 Å².